The lowest BCUT2D eigenvalue weighted by Gasteiger charge is -2.23. The van der Waals surface area contributed by atoms with Crippen LogP contribution in [-0.4, -0.2) is 29.2 Å². The molecule has 0 saturated carbocycles. The second kappa shape index (κ2) is 9.37. The van der Waals surface area contributed by atoms with Crippen molar-refractivity contribution in [2.75, 3.05) is 23.3 Å². The van der Waals surface area contributed by atoms with Gasteiger partial charge >= 0.3 is 0 Å². The summed E-state index contributed by atoms with van der Waals surface area (Å²) >= 11 is 6.22. The van der Waals surface area contributed by atoms with E-state index in [1.807, 2.05) is 48.5 Å². The Kier molecular flexibility index (Phi) is 6.41. The number of rotatable bonds is 7. The molecule has 0 bridgehead atoms. The van der Waals surface area contributed by atoms with Crippen LogP contribution < -0.4 is 15.0 Å². The molecule has 0 radical (unpaired) electrons. The number of benzene rings is 2. The van der Waals surface area contributed by atoms with Gasteiger partial charge in [0.2, 0.25) is 0 Å². The third-order valence-electron chi connectivity index (χ3n) is 5.43. The molecule has 1 atom stereocenters. The Labute approximate surface area is 182 Å². The molecule has 1 aliphatic rings. The van der Waals surface area contributed by atoms with Crippen molar-refractivity contribution in [3.05, 3.63) is 76.9 Å². The van der Waals surface area contributed by atoms with Crippen LogP contribution in [-0.2, 0) is 13.0 Å². The Bertz CT molecular complexity index is 1010. The van der Waals surface area contributed by atoms with Crippen LogP contribution in [0.15, 0.2) is 60.8 Å². The number of aryl methyl sites for hydroxylation is 1. The second-order valence-electron chi connectivity index (χ2n) is 7.42. The van der Waals surface area contributed by atoms with Gasteiger partial charge in [-0.15, -0.1) is 0 Å². The number of anilines is 2. The number of aliphatic hydroxyl groups is 1. The summed E-state index contributed by atoms with van der Waals surface area (Å²) in [4.78, 5) is 6.60. The zero-order valence-electron chi connectivity index (χ0n) is 17.0. The number of halogens is 1. The average molecular weight is 424 g/mol. The third kappa shape index (κ3) is 4.53. The fourth-order valence-electron chi connectivity index (χ4n) is 3.87. The number of hydrogen-bond donors (Lipinski definition) is 2. The minimum atomic E-state index is -0.0391. The van der Waals surface area contributed by atoms with Crippen molar-refractivity contribution in [1.82, 2.24) is 4.98 Å². The molecule has 0 aliphatic carbocycles. The van der Waals surface area contributed by atoms with Gasteiger partial charge in [0, 0.05) is 36.6 Å². The molecule has 5 nitrogen and oxygen atoms in total. The predicted octanol–water partition coefficient (Wildman–Crippen LogP) is 5.27. The normalized spacial score (nSPS) is 16.0. The zero-order valence-corrected chi connectivity index (χ0v) is 17.8. The Morgan fingerprint density at radius 1 is 1.17 bits per heavy atom. The van der Waals surface area contributed by atoms with E-state index in [4.69, 9.17) is 16.3 Å². The maximum atomic E-state index is 9.98. The van der Waals surface area contributed by atoms with Crippen LogP contribution >= 0.6 is 11.6 Å². The van der Waals surface area contributed by atoms with E-state index in [0.29, 0.717) is 10.8 Å². The van der Waals surface area contributed by atoms with E-state index in [1.165, 1.54) is 0 Å². The molecule has 3 aromatic rings. The summed E-state index contributed by atoms with van der Waals surface area (Å²) in [6.45, 7) is 3.79. The van der Waals surface area contributed by atoms with Gasteiger partial charge < -0.3 is 20.1 Å². The van der Waals surface area contributed by atoms with Gasteiger partial charge in [0.1, 0.15) is 17.3 Å². The van der Waals surface area contributed by atoms with E-state index >= 15 is 0 Å². The monoisotopic (exact) mass is 423 g/mol. The first-order chi connectivity index (χ1) is 14.7. The summed E-state index contributed by atoms with van der Waals surface area (Å²) in [6, 6.07) is 17.9. The highest BCUT2D eigenvalue weighted by molar-refractivity contribution is 6.32. The average Bonchev–Trinajstić information content (AvgIpc) is 3.24. The van der Waals surface area contributed by atoms with Gasteiger partial charge in [-0.25, -0.2) is 4.98 Å². The van der Waals surface area contributed by atoms with Crippen LogP contribution in [0.3, 0.4) is 0 Å². The Hall–Kier alpha value is -2.76. The zero-order chi connectivity index (χ0) is 20.9. The lowest BCUT2D eigenvalue weighted by Crippen LogP contribution is -2.27. The molecule has 1 aromatic heterocycles. The van der Waals surface area contributed by atoms with Crippen molar-refractivity contribution in [2.45, 2.75) is 32.4 Å². The lowest BCUT2D eigenvalue weighted by molar-refractivity contribution is 0.281. The van der Waals surface area contributed by atoms with Gasteiger partial charge in [-0.1, -0.05) is 36.7 Å². The summed E-state index contributed by atoms with van der Waals surface area (Å²) < 4.78 is 6.11. The molecule has 0 spiro atoms. The molecule has 2 heterocycles. The molecule has 156 valence electrons. The van der Waals surface area contributed by atoms with Crippen LogP contribution in [0.2, 0.25) is 5.02 Å². The summed E-state index contributed by atoms with van der Waals surface area (Å²) in [5.41, 5.74) is 3.05. The van der Waals surface area contributed by atoms with Gasteiger partial charge in [-0.05, 0) is 54.8 Å². The number of aliphatic hydroxyl groups excluding tert-OH is 1. The first kappa shape index (κ1) is 20.5. The van der Waals surface area contributed by atoms with E-state index in [0.717, 1.165) is 54.2 Å². The highest BCUT2D eigenvalue weighted by Crippen LogP contribution is 2.32. The topological polar surface area (TPSA) is 57.6 Å². The summed E-state index contributed by atoms with van der Waals surface area (Å²) in [5, 5.41) is 14.0. The molecule has 1 saturated heterocycles. The molecule has 2 aromatic carbocycles. The van der Waals surface area contributed by atoms with Crippen molar-refractivity contribution < 1.29 is 9.84 Å². The van der Waals surface area contributed by atoms with E-state index < -0.39 is 0 Å². The smallest absolute Gasteiger partial charge is 0.145 e. The first-order valence-corrected chi connectivity index (χ1v) is 10.7. The standard InChI is InChI=1S/C24H26ClN3O2/c1-2-17-6-3-4-8-23(17)30-20-9-10-22(18(14-20)16-29)28-13-11-19(15-28)27-24-21(25)7-5-12-26-24/h3-10,12,14,19,29H,2,11,13,15-16H2,1H3,(H,26,27)/t19-/m0/s1. The van der Waals surface area contributed by atoms with Gasteiger partial charge in [-0.3, -0.25) is 0 Å². The number of para-hydroxylation sites is 1. The third-order valence-corrected chi connectivity index (χ3v) is 5.74. The van der Waals surface area contributed by atoms with Gasteiger partial charge in [-0.2, -0.15) is 0 Å². The van der Waals surface area contributed by atoms with E-state index in [1.54, 1.807) is 6.20 Å². The molecular weight excluding hydrogens is 398 g/mol. The Balaban J connectivity index is 1.47. The number of pyridine rings is 1. The van der Waals surface area contributed by atoms with Gasteiger partial charge in [0.25, 0.3) is 0 Å². The lowest BCUT2D eigenvalue weighted by atomic mass is 10.1. The molecule has 2 N–H and O–H groups in total. The fourth-order valence-corrected chi connectivity index (χ4v) is 4.04. The van der Waals surface area contributed by atoms with Crippen molar-refractivity contribution >= 4 is 23.1 Å². The fraction of sp³-hybridized carbons (Fsp3) is 0.292. The maximum Gasteiger partial charge on any atom is 0.145 e. The quantitative estimate of drug-likeness (QED) is 0.542. The highest BCUT2D eigenvalue weighted by Gasteiger charge is 2.25. The van der Waals surface area contributed by atoms with E-state index in [2.05, 4.69) is 28.2 Å². The Morgan fingerprint density at radius 3 is 2.83 bits per heavy atom. The number of ether oxygens (including phenoxy) is 1. The van der Waals surface area contributed by atoms with Crippen molar-refractivity contribution in [3.63, 3.8) is 0 Å². The van der Waals surface area contributed by atoms with E-state index in [9.17, 15) is 5.11 Å². The maximum absolute atomic E-state index is 9.98. The first-order valence-electron chi connectivity index (χ1n) is 10.3. The molecule has 0 amide bonds. The van der Waals surface area contributed by atoms with Crippen LogP contribution in [0.4, 0.5) is 11.5 Å². The van der Waals surface area contributed by atoms with Crippen molar-refractivity contribution in [2.24, 2.45) is 0 Å². The largest absolute Gasteiger partial charge is 0.457 e. The number of nitrogens with zero attached hydrogens (tertiary/aromatic N) is 2. The summed E-state index contributed by atoms with van der Waals surface area (Å²) in [7, 11) is 0. The second-order valence-corrected chi connectivity index (χ2v) is 7.83. The van der Waals surface area contributed by atoms with Crippen LogP contribution in [0, 0.1) is 0 Å². The molecule has 1 aliphatic heterocycles. The Morgan fingerprint density at radius 2 is 2.03 bits per heavy atom. The van der Waals surface area contributed by atoms with Crippen LogP contribution in [0.25, 0.3) is 0 Å². The van der Waals surface area contributed by atoms with Crippen LogP contribution in [0.5, 0.6) is 11.5 Å². The van der Waals surface area contributed by atoms with Crippen LogP contribution in [0.1, 0.15) is 24.5 Å². The molecule has 6 heteroatoms. The van der Waals surface area contributed by atoms with Gasteiger partial charge in [0.15, 0.2) is 0 Å². The van der Waals surface area contributed by atoms with Gasteiger partial charge in [0.05, 0.1) is 11.6 Å². The van der Waals surface area contributed by atoms with Crippen molar-refractivity contribution in [3.8, 4) is 11.5 Å². The number of nitrogens with one attached hydrogen (secondary N) is 1. The summed E-state index contributed by atoms with van der Waals surface area (Å²) in [6.07, 6.45) is 3.61. The molecular formula is C24H26ClN3O2. The SMILES string of the molecule is CCc1ccccc1Oc1ccc(N2CC[C@H](Nc3ncccc3Cl)C2)c(CO)c1. The minimum absolute atomic E-state index is 0.0391. The summed E-state index contributed by atoms with van der Waals surface area (Å²) in [5.74, 6) is 2.30. The molecule has 0 unspecified atom stereocenters. The molecule has 1 fully saturated rings. The molecule has 30 heavy (non-hydrogen) atoms. The number of hydrogen-bond acceptors (Lipinski definition) is 5. The molecule has 4 rings (SSSR count). The minimum Gasteiger partial charge on any atom is -0.457 e. The number of aromatic nitrogens is 1. The predicted molar refractivity (Wildman–Crippen MR) is 122 cm³/mol. The highest BCUT2D eigenvalue weighted by atomic mass is 35.5. The van der Waals surface area contributed by atoms with E-state index in [-0.39, 0.29) is 12.6 Å². The van der Waals surface area contributed by atoms with Crippen molar-refractivity contribution in [1.29, 1.82) is 0 Å².